The molecule has 0 amide bonds. The van der Waals surface area contributed by atoms with E-state index < -0.39 is 0 Å². The second-order valence-electron chi connectivity index (χ2n) is 2.95. The van der Waals surface area contributed by atoms with E-state index in [0.717, 1.165) is 6.04 Å². The lowest BCUT2D eigenvalue weighted by molar-refractivity contribution is 0.502. The molecule has 0 saturated carbocycles. The van der Waals surface area contributed by atoms with Crippen LogP contribution in [0.15, 0.2) is 0 Å². The van der Waals surface area contributed by atoms with Gasteiger partial charge in [0.05, 0.1) is 0 Å². The molecule has 3 atom stereocenters. The number of nitrogens with two attached hydrogens (primary N) is 1. The Hall–Kier alpha value is -0.0800. The Balaban J connectivity index is 2.11. The second kappa shape index (κ2) is 1.45. The Bertz CT molecular complexity index is 101. The SMILES string of the molecule is N[C@@H]1C[C@H]2CC[C@@H]1N2. The lowest BCUT2D eigenvalue weighted by atomic mass is 9.97. The smallest absolute Gasteiger partial charge is 0.0222 e. The van der Waals surface area contributed by atoms with Crippen LogP contribution in [-0.4, -0.2) is 18.1 Å². The summed E-state index contributed by atoms with van der Waals surface area (Å²) in [5.74, 6) is 0. The van der Waals surface area contributed by atoms with Crippen LogP contribution in [0.5, 0.6) is 0 Å². The molecule has 2 heterocycles. The molecule has 0 radical (unpaired) electrons. The summed E-state index contributed by atoms with van der Waals surface area (Å²) >= 11 is 0. The van der Waals surface area contributed by atoms with E-state index in [0.29, 0.717) is 12.1 Å². The van der Waals surface area contributed by atoms with E-state index in [1.807, 2.05) is 0 Å². The van der Waals surface area contributed by atoms with E-state index in [2.05, 4.69) is 5.32 Å². The van der Waals surface area contributed by atoms with Crippen molar-refractivity contribution in [1.29, 1.82) is 0 Å². The minimum Gasteiger partial charge on any atom is -0.326 e. The topological polar surface area (TPSA) is 38.0 Å². The Morgan fingerprint density at radius 1 is 1.38 bits per heavy atom. The van der Waals surface area contributed by atoms with Crippen LogP contribution >= 0.6 is 0 Å². The van der Waals surface area contributed by atoms with Gasteiger partial charge in [-0.15, -0.1) is 0 Å². The van der Waals surface area contributed by atoms with Gasteiger partial charge >= 0.3 is 0 Å². The standard InChI is InChI=1S/C6H12N2/c7-5-3-4-1-2-6(5)8-4/h4-6,8H,1-3,7H2/t4-,5-,6+/m1/s1. The van der Waals surface area contributed by atoms with Crippen molar-refractivity contribution in [3.8, 4) is 0 Å². The van der Waals surface area contributed by atoms with Gasteiger partial charge in [0.1, 0.15) is 0 Å². The van der Waals surface area contributed by atoms with Gasteiger partial charge in [0.25, 0.3) is 0 Å². The predicted octanol–water partition coefficient (Wildman–Crippen LogP) is -0.162. The zero-order chi connectivity index (χ0) is 5.56. The van der Waals surface area contributed by atoms with Crippen LogP contribution in [0.1, 0.15) is 19.3 Å². The maximum absolute atomic E-state index is 5.76. The average Bonchev–Trinajstić information content (AvgIpc) is 2.23. The summed E-state index contributed by atoms with van der Waals surface area (Å²) in [6.45, 7) is 0. The molecule has 2 nitrogen and oxygen atoms in total. The van der Waals surface area contributed by atoms with E-state index in [-0.39, 0.29) is 0 Å². The van der Waals surface area contributed by atoms with Gasteiger partial charge in [-0.2, -0.15) is 0 Å². The number of fused-ring (bicyclic) bond motifs is 2. The first kappa shape index (κ1) is 4.77. The monoisotopic (exact) mass is 112 g/mol. The molecule has 46 valence electrons. The van der Waals surface area contributed by atoms with Crippen molar-refractivity contribution in [3.05, 3.63) is 0 Å². The fourth-order valence-electron chi connectivity index (χ4n) is 1.87. The third-order valence-corrected chi connectivity index (χ3v) is 2.35. The maximum atomic E-state index is 5.76. The van der Waals surface area contributed by atoms with Crippen molar-refractivity contribution in [2.45, 2.75) is 37.4 Å². The first-order valence-corrected chi connectivity index (χ1v) is 3.38. The summed E-state index contributed by atoms with van der Waals surface area (Å²) in [6.07, 6.45) is 3.88. The van der Waals surface area contributed by atoms with Crippen molar-refractivity contribution < 1.29 is 0 Å². The molecule has 2 rings (SSSR count). The lowest BCUT2D eigenvalue weighted by Crippen LogP contribution is -2.33. The summed E-state index contributed by atoms with van der Waals surface area (Å²) in [7, 11) is 0. The fraction of sp³-hybridized carbons (Fsp3) is 1.00. The highest BCUT2D eigenvalue weighted by atomic mass is 15.1. The molecule has 3 N–H and O–H groups in total. The van der Waals surface area contributed by atoms with Crippen molar-refractivity contribution in [1.82, 2.24) is 5.32 Å². The number of nitrogens with one attached hydrogen (secondary N) is 1. The van der Waals surface area contributed by atoms with E-state index in [1.165, 1.54) is 19.3 Å². The number of hydrogen-bond acceptors (Lipinski definition) is 2. The summed E-state index contributed by atoms with van der Waals surface area (Å²) in [4.78, 5) is 0. The quantitative estimate of drug-likeness (QED) is 0.457. The van der Waals surface area contributed by atoms with Gasteiger partial charge in [0.2, 0.25) is 0 Å². The average molecular weight is 112 g/mol. The molecular weight excluding hydrogens is 100 g/mol. The minimum atomic E-state index is 0.466. The zero-order valence-electron chi connectivity index (χ0n) is 4.93. The van der Waals surface area contributed by atoms with E-state index in [1.54, 1.807) is 0 Å². The normalized spacial score (nSPS) is 52.9. The van der Waals surface area contributed by atoms with Crippen LogP contribution in [0.2, 0.25) is 0 Å². The highest BCUT2D eigenvalue weighted by Gasteiger charge is 2.36. The Labute approximate surface area is 49.4 Å². The van der Waals surface area contributed by atoms with Gasteiger partial charge in [-0.1, -0.05) is 0 Å². The van der Waals surface area contributed by atoms with E-state index in [4.69, 9.17) is 5.73 Å². The maximum Gasteiger partial charge on any atom is 0.0222 e. The van der Waals surface area contributed by atoms with Crippen molar-refractivity contribution >= 4 is 0 Å². The third kappa shape index (κ3) is 0.501. The molecule has 2 bridgehead atoms. The van der Waals surface area contributed by atoms with Gasteiger partial charge in [0, 0.05) is 18.1 Å². The minimum absolute atomic E-state index is 0.466. The largest absolute Gasteiger partial charge is 0.326 e. The molecule has 0 aliphatic carbocycles. The highest BCUT2D eigenvalue weighted by molar-refractivity contribution is 4.99. The summed E-state index contributed by atoms with van der Waals surface area (Å²) in [5.41, 5.74) is 5.76. The van der Waals surface area contributed by atoms with E-state index in [9.17, 15) is 0 Å². The van der Waals surface area contributed by atoms with Gasteiger partial charge in [-0.25, -0.2) is 0 Å². The molecular formula is C6H12N2. The molecule has 0 aromatic carbocycles. The molecule has 2 fully saturated rings. The molecule has 0 aromatic rings. The number of rotatable bonds is 0. The Kier molecular flexibility index (Phi) is 0.866. The van der Waals surface area contributed by atoms with Gasteiger partial charge < -0.3 is 11.1 Å². The molecule has 2 aliphatic rings. The van der Waals surface area contributed by atoms with Crippen LogP contribution < -0.4 is 11.1 Å². The van der Waals surface area contributed by atoms with Crippen LogP contribution in [-0.2, 0) is 0 Å². The Morgan fingerprint density at radius 2 is 2.25 bits per heavy atom. The molecule has 0 spiro atoms. The molecule has 2 saturated heterocycles. The van der Waals surface area contributed by atoms with Crippen molar-refractivity contribution in [2.75, 3.05) is 0 Å². The highest BCUT2D eigenvalue weighted by Crippen LogP contribution is 2.26. The summed E-state index contributed by atoms with van der Waals surface area (Å²) in [5, 5.41) is 3.45. The first-order chi connectivity index (χ1) is 3.86. The van der Waals surface area contributed by atoms with Gasteiger partial charge in [0.15, 0.2) is 0 Å². The molecule has 2 aliphatic heterocycles. The fourth-order valence-corrected chi connectivity index (χ4v) is 1.87. The van der Waals surface area contributed by atoms with Crippen molar-refractivity contribution in [2.24, 2.45) is 5.73 Å². The molecule has 0 aromatic heterocycles. The van der Waals surface area contributed by atoms with E-state index >= 15 is 0 Å². The van der Waals surface area contributed by atoms with Gasteiger partial charge in [-0.3, -0.25) is 0 Å². The first-order valence-electron chi connectivity index (χ1n) is 3.38. The Morgan fingerprint density at radius 3 is 2.50 bits per heavy atom. The zero-order valence-corrected chi connectivity index (χ0v) is 4.93. The molecule has 2 heteroatoms. The third-order valence-electron chi connectivity index (χ3n) is 2.35. The molecule has 8 heavy (non-hydrogen) atoms. The van der Waals surface area contributed by atoms with Gasteiger partial charge in [-0.05, 0) is 19.3 Å². The van der Waals surface area contributed by atoms with Crippen LogP contribution in [0, 0.1) is 0 Å². The second-order valence-corrected chi connectivity index (χ2v) is 2.95. The predicted molar refractivity (Wildman–Crippen MR) is 32.5 cm³/mol. The number of hydrogen-bond donors (Lipinski definition) is 2. The lowest BCUT2D eigenvalue weighted by Gasteiger charge is -2.13. The molecule has 0 unspecified atom stereocenters. The summed E-state index contributed by atoms with van der Waals surface area (Å²) in [6, 6.07) is 1.91. The van der Waals surface area contributed by atoms with Crippen LogP contribution in [0.3, 0.4) is 0 Å². The van der Waals surface area contributed by atoms with Crippen LogP contribution in [0.25, 0.3) is 0 Å². The van der Waals surface area contributed by atoms with Crippen LogP contribution in [0.4, 0.5) is 0 Å². The van der Waals surface area contributed by atoms with Crippen molar-refractivity contribution in [3.63, 3.8) is 0 Å². The summed E-state index contributed by atoms with van der Waals surface area (Å²) < 4.78 is 0.